The van der Waals surface area contributed by atoms with Crippen molar-refractivity contribution in [3.63, 3.8) is 0 Å². The standard InChI is InChI=1S/C15H19N3OS/c1-10(2)14(16)15-18-12(9-20-15)8-13(19)17-11-6-4-3-5-7-11/h3-7,9-10,14H,8,16H2,1-2H3,(H,17,19). The fourth-order valence-electron chi connectivity index (χ4n) is 1.73. The molecule has 5 heteroatoms. The van der Waals surface area contributed by atoms with Crippen molar-refractivity contribution in [2.45, 2.75) is 26.3 Å². The van der Waals surface area contributed by atoms with E-state index < -0.39 is 0 Å². The van der Waals surface area contributed by atoms with E-state index in [1.807, 2.05) is 35.7 Å². The molecule has 4 nitrogen and oxygen atoms in total. The number of nitrogens with two attached hydrogens (primary N) is 1. The molecule has 0 aliphatic heterocycles. The molecule has 1 unspecified atom stereocenters. The maximum atomic E-state index is 11.9. The minimum absolute atomic E-state index is 0.0637. The van der Waals surface area contributed by atoms with E-state index >= 15 is 0 Å². The van der Waals surface area contributed by atoms with E-state index in [4.69, 9.17) is 5.73 Å². The summed E-state index contributed by atoms with van der Waals surface area (Å²) in [5, 5.41) is 5.64. The summed E-state index contributed by atoms with van der Waals surface area (Å²) >= 11 is 1.52. The molecule has 20 heavy (non-hydrogen) atoms. The van der Waals surface area contributed by atoms with Gasteiger partial charge in [0.2, 0.25) is 5.91 Å². The SMILES string of the molecule is CC(C)C(N)c1nc(CC(=O)Nc2ccccc2)cs1. The largest absolute Gasteiger partial charge is 0.326 e. The van der Waals surface area contributed by atoms with Crippen molar-refractivity contribution in [2.24, 2.45) is 11.7 Å². The highest BCUT2D eigenvalue weighted by atomic mass is 32.1. The number of nitrogens with zero attached hydrogens (tertiary/aromatic N) is 1. The molecule has 106 valence electrons. The maximum absolute atomic E-state index is 11.9. The van der Waals surface area contributed by atoms with Crippen LogP contribution in [-0.2, 0) is 11.2 Å². The number of benzene rings is 1. The molecule has 0 aliphatic carbocycles. The number of para-hydroxylation sites is 1. The Labute approximate surface area is 123 Å². The molecule has 0 aliphatic rings. The monoisotopic (exact) mass is 289 g/mol. The molecule has 0 fully saturated rings. The zero-order chi connectivity index (χ0) is 14.5. The third-order valence-electron chi connectivity index (χ3n) is 2.97. The number of nitrogens with one attached hydrogen (secondary N) is 1. The Kier molecular flexibility index (Phi) is 4.87. The molecule has 0 bridgehead atoms. The van der Waals surface area contributed by atoms with Crippen molar-refractivity contribution in [2.75, 3.05) is 5.32 Å². The fourth-order valence-corrected chi connectivity index (χ4v) is 2.73. The normalized spacial score (nSPS) is 12.4. The lowest BCUT2D eigenvalue weighted by Crippen LogP contribution is -2.17. The van der Waals surface area contributed by atoms with E-state index in [0.29, 0.717) is 5.92 Å². The molecule has 0 spiro atoms. The van der Waals surface area contributed by atoms with Gasteiger partial charge in [0.25, 0.3) is 0 Å². The Hall–Kier alpha value is -1.72. The number of rotatable bonds is 5. The number of thiazole rings is 1. The second kappa shape index (κ2) is 6.63. The van der Waals surface area contributed by atoms with Gasteiger partial charge in [-0.05, 0) is 18.1 Å². The summed E-state index contributed by atoms with van der Waals surface area (Å²) in [5.74, 6) is 0.276. The number of carbonyl (C=O) groups is 1. The average molecular weight is 289 g/mol. The number of carbonyl (C=O) groups excluding carboxylic acids is 1. The van der Waals surface area contributed by atoms with Crippen molar-refractivity contribution in [1.82, 2.24) is 4.98 Å². The highest BCUT2D eigenvalue weighted by molar-refractivity contribution is 7.09. The third-order valence-corrected chi connectivity index (χ3v) is 3.97. The van der Waals surface area contributed by atoms with Gasteiger partial charge in [0, 0.05) is 11.1 Å². The lowest BCUT2D eigenvalue weighted by atomic mass is 10.1. The second-order valence-electron chi connectivity index (χ2n) is 5.04. The molecule has 3 N–H and O–H groups in total. The minimum Gasteiger partial charge on any atom is -0.326 e. The third kappa shape index (κ3) is 3.88. The topological polar surface area (TPSA) is 68.0 Å². The van der Waals surface area contributed by atoms with Gasteiger partial charge in [-0.15, -0.1) is 11.3 Å². The van der Waals surface area contributed by atoms with Crippen LogP contribution in [-0.4, -0.2) is 10.9 Å². The van der Waals surface area contributed by atoms with Crippen LogP contribution in [0.5, 0.6) is 0 Å². The molecule has 1 aromatic carbocycles. The summed E-state index contributed by atoms with van der Waals surface area (Å²) in [6, 6.07) is 9.34. The molecule has 0 saturated heterocycles. The molecule has 1 amide bonds. The maximum Gasteiger partial charge on any atom is 0.230 e. The Balaban J connectivity index is 1.95. The molecular weight excluding hydrogens is 270 g/mol. The highest BCUT2D eigenvalue weighted by Gasteiger charge is 2.15. The van der Waals surface area contributed by atoms with Gasteiger partial charge in [-0.3, -0.25) is 4.79 Å². The zero-order valence-corrected chi connectivity index (χ0v) is 12.5. The van der Waals surface area contributed by atoms with Crippen molar-refractivity contribution < 1.29 is 4.79 Å². The smallest absolute Gasteiger partial charge is 0.230 e. The Bertz CT molecular complexity index is 566. The average Bonchev–Trinajstić information content (AvgIpc) is 2.87. The van der Waals surface area contributed by atoms with E-state index in [1.54, 1.807) is 0 Å². The van der Waals surface area contributed by atoms with E-state index in [0.717, 1.165) is 16.4 Å². The molecule has 1 heterocycles. The van der Waals surface area contributed by atoms with Crippen molar-refractivity contribution in [3.05, 3.63) is 46.4 Å². The van der Waals surface area contributed by atoms with Gasteiger partial charge in [-0.1, -0.05) is 32.0 Å². The first-order valence-corrected chi connectivity index (χ1v) is 7.49. The van der Waals surface area contributed by atoms with Crippen molar-refractivity contribution in [3.8, 4) is 0 Å². The Morgan fingerprint density at radius 2 is 2.05 bits per heavy atom. The number of amides is 1. The quantitative estimate of drug-likeness (QED) is 0.889. The lowest BCUT2D eigenvalue weighted by molar-refractivity contribution is -0.115. The summed E-state index contributed by atoms with van der Waals surface area (Å²) < 4.78 is 0. The summed E-state index contributed by atoms with van der Waals surface area (Å²) in [4.78, 5) is 16.4. The predicted molar refractivity (Wildman–Crippen MR) is 82.7 cm³/mol. The number of hydrogen-bond donors (Lipinski definition) is 2. The van der Waals surface area contributed by atoms with Crippen LogP contribution in [0, 0.1) is 5.92 Å². The van der Waals surface area contributed by atoms with Gasteiger partial charge in [0.05, 0.1) is 18.2 Å². The summed E-state index contributed by atoms with van der Waals surface area (Å²) in [6.07, 6.45) is 0.274. The van der Waals surface area contributed by atoms with Crippen LogP contribution < -0.4 is 11.1 Å². The van der Waals surface area contributed by atoms with E-state index in [9.17, 15) is 4.79 Å². The highest BCUT2D eigenvalue weighted by Crippen LogP contribution is 2.22. The Morgan fingerprint density at radius 1 is 1.35 bits per heavy atom. The minimum atomic E-state index is -0.0639. The molecule has 2 aromatic rings. The number of aromatic nitrogens is 1. The van der Waals surface area contributed by atoms with Gasteiger partial charge in [-0.25, -0.2) is 4.98 Å². The molecule has 1 atom stereocenters. The van der Waals surface area contributed by atoms with Crippen LogP contribution in [0.4, 0.5) is 5.69 Å². The van der Waals surface area contributed by atoms with Gasteiger partial charge >= 0.3 is 0 Å². The van der Waals surface area contributed by atoms with Gasteiger partial charge in [-0.2, -0.15) is 0 Å². The predicted octanol–water partition coefficient (Wildman–Crippen LogP) is 2.98. The molecule has 0 saturated carbocycles. The summed E-state index contributed by atoms with van der Waals surface area (Å²) in [6.45, 7) is 4.13. The first kappa shape index (κ1) is 14.7. The van der Waals surface area contributed by atoms with Crippen LogP contribution in [0.2, 0.25) is 0 Å². The second-order valence-corrected chi connectivity index (χ2v) is 5.93. The van der Waals surface area contributed by atoms with Crippen LogP contribution in [0.25, 0.3) is 0 Å². The summed E-state index contributed by atoms with van der Waals surface area (Å²) in [5.41, 5.74) is 7.62. The van der Waals surface area contributed by atoms with Gasteiger partial charge in [0.1, 0.15) is 5.01 Å². The molecule has 1 aromatic heterocycles. The molecule has 0 radical (unpaired) electrons. The molecule has 2 rings (SSSR count). The zero-order valence-electron chi connectivity index (χ0n) is 11.7. The van der Waals surface area contributed by atoms with Gasteiger partial charge in [0.15, 0.2) is 0 Å². The van der Waals surface area contributed by atoms with E-state index in [1.165, 1.54) is 11.3 Å². The van der Waals surface area contributed by atoms with Crippen LogP contribution in [0.15, 0.2) is 35.7 Å². The Morgan fingerprint density at radius 3 is 2.70 bits per heavy atom. The van der Waals surface area contributed by atoms with E-state index in [-0.39, 0.29) is 18.4 Å². The van der Waals surface area contributed by atoms with Crippen molar-refractivity contribution in [1.29, 1.82) is 0 Å². The first-order valence-electron chi connectivity index (χ1n) is 6.61. The number of hydrogen-bond acceptors (Lipinski definition) is 4. The van der Waals surface area contributed by atoms with Crippen LogP contribution in [0.3, 0.4) is 0 Å². The first-order chi connectivity index (χ1) is 9.56. The van der Waals surface area contributed by atoms with E-state index in [2.05, 4.69) is 24.1 Å². The van der Waals surface area contributed by atoms with Crippen LogP contribution in [0.1, 0.15) is 30.6 Å². The fraction of sp³-hybridized carbons (Fsp3) is 0.333. The molecular formula is C15H19N3OS. The summed E-state index contributed by atoms with van der Waals surface area (Å²) in [7, 11) is 0. The lowest BCUT2D eigenvalue weighted by Gasteiger charge is -2.11. The van der Waals surface area contributed by atoms with Crippen molar-refractivity contribution >= 4 is 22.9 Å². The number of anilines is 1. The van der Waals surface area contributed by atoms with Crippen LogP contribution >= 0.6 is 11.3 Å². The van der Waals surface area contributed by atoms with Gasteiger partial charge < -0.3 is 11.1 Å².